The van der Waals surface area contributed by atoms with Crippen molar-refractivity contribution in [1.82, 2.24) is 14.2 Å². The van der Waals surface area contributed by atoms with Crippen LogP contribution < -0.4 is 0 Å². The molecule has 0 spiro atoms. The molecule has 1 aliphatic heterocycles. The van der Waals surface area contributed by atoms with Crippen molar-refractivity contribution in [1.29, 1.82) is 0 Å². The molecular formula is C14H21N3O3S. The van der Waals surface area contributed by atoms with Crippen LogP contribution in [0.15, 0.2) is 24.5 Å². The van der Waals surface area contributed by atoms with Crippen LogP contribution in [0.5, 0.6) is 0 Å². The molecule has 1 amide bonds. The zero-order valence-corrected chi connectivity index (χ0v) is 13.2. The van der Waals surface area contributed by atoms with Gasteiger partial charge in [-0.05, 0) is 30.5 Å². The lowest BCUT2D eigenvalue weighted by Crippen LogP contribution is -2.51. The summed E-state index contributed by atoms with van der Waals surface area (Å²) in [6.45, 7) is 0.883. The Morgan fingerprint density at radius 3 is 2.67 bits per heavy atom. The maximum atomic E-state index is 12.6. The minimum absolute atomic E-state index is 0.142. The zero-order chi connectivity index (χ0) is 15.5. The molecule has 7 heteroatoms. The third-order valence-corrected chi connectivity index (χ3v) is 5.00. The maximum absolute atomic E-state index is 12.6. The van der Waals surface area contributed by atoms with Gasteiger partial charge in [-0.15, -0.1) is 0 Å². The molecule has 1 atom stereocenters. The predicted molar refractivity (Wildman–Crippen MR) is 79.9 cm³/mol. The van der Waals surface area contributed by atoms with E-state index in [2.05, 4.69) is 4.98 Å². The van der Waals surface area contributed by atoms with E-state index in [1.54, 1.807) is 24.3 Å². The Kier molecular flexibility index (Phi) is 4.95. The van der Waals surface area contributed by atoms with E-state index in [1.165, 1.54) is 10.6 Å². The molecule has 1 unspecified atom stereocenters. The van der Waals surface area contributed by atoms with Gasteiger partial charge in [0.05, 0.1) is 6.26 Å². The summed E-state index contributed by atoms with van der Waals surface area (Å²) in [5.74, 6) is -0.142. The minimum atomic E-state index is -3.35. The van der Waals surface area contributed by atoms with Crippen LogP contribution in [0.2, 0.25) is 0 Å². The van der Waals surface area contributed by atoms with Crippen molar-refractivity contribution in [2.45, 2.75) is 31.8 Å². The topological polar surface area (TPSA) is 70.6 Å². The van der Waals surface area contributed by atoms with E-state index in [9.17, 15) is 13.2 Å². The van der Waals surface area contributed by atoms with Crippen LogP contribution in [0.25, 0.3) is 0 Å². The molecule has 0 saturated carbocycles. The second kappa shape index (κ2) is 6.53. The van der Waals surface area contributed by atoms with E-state index in [0.29, 0.717) is 19.5 Å². The first-order valence-corrected chi connectivity index (χ1v) is 8.85. The number of carbonyl (C=O) groups is 1. The van der Waals surface area contributed by atoms with Gasteiger partial charge in [0.2, 0.25) is 15.9 Å². The van der Waals surface area contributed by atoms with Crippen LogP contribution in [0.4, 0.5) is 0 Å². The molecular weight excluding hydrogens is 290 g/mol. The molecule has 0 aromatic carbocycles. The van der Waals surface area contributed by atoms with Crippen molar-refractivity contribution in [3.63, 3.8) is 0 Å². The number of aromatic nitrogens is 1. The molecule has 1 fully saturated rings. The number of amides is 1. The highest BCUT2D eigenvalue weighted by Gasteiger charge is 2.35. The second-order valence-electron chi connectivity index (χ2n) is 5.44. The van der Waals surface area contributed by atoms with Crippen LogP contribution in [-0.4, -0.2) is 54.4 Å². The lowest BCUT2D eigenvalue weighted by atomic mass is 10.0. The maximum Gasteiger partial charge on any atom is 0.241 e. The largest absolute Gasteiger partial charge is 0.340 e. The smallest absolute Gasteiger partial charge is 0.241 e. The first-order valence-electron chi connectivity index (χ1n) is 7.00. The molecule has 0 aliphatic carbocycles. The number of hydrogen-bond donors (Lipinski definition) is 0. The van der Waals surface area contributed by atoms with Crippen molar-refractivity contribution in [3.8, 4) is 0 Å². The Morgan fingerprint density at radius 2 is 2.05 bits per heavy atom. The van der Waals surface area contributed by atoms with E-state index in [-0.39, 0.29) is 5.91 Å². The molecule has 2 rings (SSSR count). The second-order valence-corrected chi connectivity index (χ2v) is 7.37. The summed E-state index contributed by atoms with van der Waals surface area (Å²) < 4.78 is 25.0. The third kappa shape index (κ3) is 4.01. The number of hydrogen-bond acceptors (Lipinski definition) is 4. The molecule has 0 N–H and O–H groups in total. The molecule has 21 heavy (non-hydrogen) atoms. The number of carbonyl (C=O) groups excluding carboxylic acids is 1. The van der Waals surface area contributed by atoms with Crippen LogP contribution in [0.1, 0.15) is 24.8 Å². The summed E-state index contributed by atoms with van der Waals surface area (Å²) in [7, 11) is -1.64. The SMILES string of the molecule is CN(Cc1ccncc1)C(=O)C1CCCCN1S(C)(=O)=O. The predicted octanol–water partition coefficient (Wildman–Crippen LogP) is 0.854. The summed E-state index contributed by atoms with van der Waals surface area (Å²) in [4.78, 5) is 18.1. The third-order valence-electron chi connectivity index (χ3n) is 3.71. The Balaban J connectivity index is 2.10. The quantitative estimate of drug-likeness (QED) is 0.827. The molecule has 1 aromatic rings. The molecule has 116 valence electrons. The Hall–Kier alpha value is -1.47. The number of sulfonamides is 1. The van der Waals surface area contributed by atoms with Crippen molar-refractivity contribution >= 4 is 15.9 Å². The molecule has 1 aliphatic rings. The fourth-order valence-electron chi connectivity index (χ4n) is 2.64. The summed E-state index contributed by atoms with van der Waals surface area (Å²) in [6.07, 6.45) is 6.80. The van der Waals surface area contributed by atoms with Gasteiger partial charge in [-0.1, -0.05) is 6.42 Å². The van der Waals surface area contributed by atoms with Crippen molar-refractivity contribution in [2.24, 2.45) is 0 Å². The van der Waals surface area contributed by atoms with Crippen LogP contribution in [0.3, 0.4) is 0 Å². The van der Waals surface area contributed by atoms with E-state index < -0.39 is 16.1 Å². The van der Waals surface area contributed by atoms with Gasteiger partial charge >= 0.3 is 0 Å². The number of pyridine rings is 1. The zero-order valence-electron chi connectivity index (χ0n) is 12.4. The van der Waals surface area contributed by atoms with Gasteiger partial charge in [-0.2, -0.15) is 4.31 Å². The average Bonchev–Trinajstić information content (AvgIpc) is 2.46. The number of nitrogens with zero attached hydrogens (tertiary/aromatic N) is 3. The van der Waals surface area contributed by atoms with Gasteiger partial charge in [-0.25, -0.2) is 8.42 Å². The van der Waals surface area contributed by atoms with Crippen molar-refractivity contribution in [2.75, 3.05) is 19.8 Å². The van der Waals surface area contributed by atoms with E-state index in [1.807, 2.05) is 12.1 Å². The Labute approximate surface area is 125 Å². The van der Waals surface area contributed by atoms with Gasteiger partial charge in [0.25, 0.3) is 0 Å². The monoisotopic (exact) mass is 311 g/mol. The van der Waals surface area contributed by atoms with Crippen molar-refractivity contribution < 1.29 is 13.2 Å². The highest BCUT2D eigenvalue weighted by atomic mass is 32.2. The number of rotatable bonds is 4. The van der Waals surface area contributed by atoms with Gasteiger partial charge in [0.1, 0.15) is 6.04 Å². The first-order chi connectivity index (χ1) is 9.89. The molecule has 6 nitrogen and oxygen atoms in total. The highest BCUT2D eigenvalue weighted by molar-refractivity contribution is 7.88. The average molecular weight is 311 g/mol. The Bertz CT molecular complexity index is 589. The van der Waals surface area contributed by atoms with Crippen LogP contribution >= 0.6 is 0 Å². The molecule has 2 heterocycles. The van der Waals surface area contributed by atoms with Crippen molar-refractivity contribution in [3.05, 3.63) is 30.1 Å². The van der Waals surface area contributed by atoms with Gasteiger partial charge < -0.3 is 4.90 Å². The lowest BCUT2D eigenvalue weighted by Gasteiger charge is -2.35. The van der Waals surface area contributed by atoms with Gasteiger partial charge in [0.15, 0.2) is 0 Å². The summed E-state index contributed by atoms with van der Waals surface area (Å²) in [5, 5.41) is 0. The summed E-state index contributed by atoms with van der Waals surface area (Å²) in [6, 6.07) is 3.12. The minimum Gasteiger partial charge on any atom is -0.340 e. The van der Waals surface area contributed by atoms with Gasteiger partial charge in [0, 0.05) is 32.5 Å². The van der Waals surface area contributed by atoms with Crippen LogP contribution in [0, 0.1) is 0 Å². The standard InChI is InChI=1S/C14H21N3O3S/c1-16(11-12-6-8-15-9-7-12)14(18)13-5-3-4-10-17(13)21(2,19)20/h6-9,13H,3-5,10-11H2,1-2H3. The molecule has 0 radical (unpaired) electrons. The fraction of sp³-hybridized carbons (Fsp3) is 0.571. The van der Waals surface area contributed by atoms with E-state index >= 15 is 0 Å². The van der Waals surface area contributed by atoms with E-state index in [4.69, 9.17) is 0 Å². The number of likely N-dealkylation sites (N-methyl/N-ethyl adjacent to an activating group) is 1. The molecule has 1 aromatic heterocycles. The lowest BCUT2D eigenvalue weighted by molar-refractivity contribution is -0.135. The van der Waals surface area contributed by atoms with Gasteiger partial charge in [-0.3, -0.25) is 9.78 Å². The fourth-order valence-corrected chi connectivity index (χ4v) is 3.76. The Morgan fingerprint density at radius 1 is 1.38 bits per heavy atom. The normalized spacial score (nSPS) is 20.2. The summed E-state index contributed by atoms with van der Waals surface area (Å²) in [5.41, 5.74) is 0.975. The van der Waals surface area contributed by atoms with Crippen LogP contribution in [-0.2, 0) is 21.4 Å². The molecule has 0 bridgehead atoms. The first kappa shape index (κ1) is 15.9. The summed E-state index contributed by atoms with van der Waals surface area (Å²) >= 11 is 0. The highest BCUT2D eigenvalue weighted by Crippen LogP contribution is 2.21. The number of piperidine rings is 1. The van der Waals surface area contributed by atoms with E-state index in [0.717, 1.165) is 18.4 Å². The molecule has 1 saturated heterocycles.